The van der Waals surface area contributed by atoms with Crippen molar-refractivity contribution >= 4 is 35.3 Å². The molecule has 0 saturated carbocycles. The van der Waals surface area contributed by atoms with Crippen molar-refractivity contribution in [1.29, 1.82) is 0 Å². The summed E-state index contributed by atoms with van der Waals surface area (Å²) in [6, 6.07) is 13.9. The molecule has 0 aromatic heterocycles. The number of methoxy groups -OCH3 is 1. The van der Waals surface area contributed by atoms with Crippen molar-refractivity contribution in [3.63, 3.8) is 0 Å². The molecule has 1 N–H and O–H groups in total. The summed E-state index contributed by atoms with van der Waals surface area (Å²) >= 11 is 0. The van der Waals surface area contributed by atoms with E-state index >= 15 is 0 Å². The number of carbonyl (C=O) groups excluding carboxylic acids is 3. The predicted molar refractivity (Wildman–Crippen MR) is 149 cm³/mol. The number of non-ortho nitro benzene ring substituents is 1. The normalized spacial score (nSPS) is 14.2. The fourth-order valence-corrected chi connectivity index (χ4v) is 4.44. The molecular formula is C30H27N3O7. The Kier molecular flexibility index (Phi) is 8.09. The van der Waals surface area contributed by atoms with Crippen LogP contribution in [-0.4, -0.2) is 29.9 Å². The molecule has 0 aliphatic carbocycles. The van der Waals surface area contributed by atoms with E-state index in [2.05, 4.69) is 11.9 Å². The first-order valence-corrected chi connectivity index (χ1v) is 12.3. The summed E-state index contributed by atoms with van der Waals surface area (Å²) in [5.41, 5.74) is 3.50. The van der Waals surface area contributed by atoms with E-state index in [0.29, 0.717) is 40.3 Å². The topological polar surface area (TPSA) is 128 Å². The maximum atomic E-state index is 13.4. The highest BCUT2D eigenvalue weighted by Crippen LogP contribution is 2.35. The van der Waals surface area contributed by atoms with Gasteiger partial charge in [-0.2, -0.15) is 0 Å². The number of benzene rings is 3. The van der Waals surface area contributed by atoms with E-state index < -0.39 is 22.8 Å². The highest BCUT2D eigenvalue weighted by molar-refractivity contribution is 6.39. The lowest BCUT2D eigenvalue weighted by molar-refractivity contribution is -0.384. The van der Waals surface area contributed by atoms with Gasteiger partial charge in [-0.15, -0.1) is 6.58 Å². The van der Waals surface area contributed by atoms with Crippen LogP contribution in [0.25, 0.3) is 6.08 Å². The number of hydrogen-bond acceptors (Lipinski definition) is 7. The van der Waals surface area contributed by atoms with Crippen LogP contribution in [-0.2, 0) is 22.6 Å². The van der Waals surface area contributed by atoms with Gasteiger partial charge in [0, 0.05) is 17.7 Å². The molecule has 1 saturated heterocycles. The van der Waals surface area contributed by atoms with Crippen LogP contribution in [0, 0.1) is 24.0 Å². The highest BCUT2D eigenvalue weighted by Gasteiger charge is 2.37. The van der Waals surface area contributed by atoms with Crippen LogP contribution in [0.3, 0.4) is 0 Å². The number of amides is 4. The molecule has 3 aromatic rings. The monoisotopic (exact) mass is 541 g/mol. The number of anilines is 1. The van der Waals surface area contributed by atoms with Crippen LogP contribution in [0.2, 0.25) is 0 Å². The van der Waals surface area contributed by atoms with E-state index in [9.17, 15) is 24.5 Å². The second-order valence-electron chi connectivity index (χ2n) is 9.22. The van der Waals surface area contributed by atoms with Gasteiger partial charge in [0.1, 0.15) is 12.2 Å². The zero-order chi connectivity index (χ0) is 29.0. The third-order valence-electron chi connectivity index (χ3n) is 6.12. The molecule has 0 unspecified atom stereocenters. The second-order valence-corrected chi connectivity index (χ2v) is 9.22. The third-order valence-corrected chi connectivity index (χ3v) is 6.12. The average Bonchev–Trinajstić information content (AvgIpc) is 2.89. The SMILES string of the molecule is C=CCc1cc(/C=C2\C(=O)NC(=O)N(c3cc(C)cc(C)c3)C2=O)cc(OC)c1OCc1cccc([N+](=O)[O-])c1. The third kappa shape index (κ3) is 5.91. The molecule has 40 heavy (non-hydrogen) atoms. The van der Waals surface area contributed by atoms with Gasteiger partial charge < -0.3 is 9.47 Å². The van der Waals surface area contributed by atoms with Gasteiger partial charge in [-0.1, -0.05) is 24.3 Å². The summed E-state index contributed by atoms with van der Waals surface area (Å²) in [6.07, 6.45) is 3.41. The van der Waals surface area contributed by atoms with Crippen molar-refractivity contribution < 1.29 is 28.8 Å². The Bertz CT molecular complexity index is 1560. The van der Waals surface area contributed by atoms with Crippen LogP contribution in [0.5, 0.6) is 11.5 Å². The lowest BCUT2D eigenvalue weighted by Gasteiger charge is -2.27. The maximum absolute atomic E-state index is 13.4. The smallest absolute Gasteiger partial charge is 0.335 e. The Hall–Kier alpha value is -5.25. The summed E-state index contributed by atoms with van der Waals surface area (Å²) in [4.78, 5) is 50.3. The molecule has 10 nitrogen and oxygen atoms in total. The Morgan fingerprint density at radius 2 is 1.77 bits per heavy atom. The number of ether oxygens (including phenoxy) is 2. The fraction of sp³-hybridized carbons (Fsp3) is 0.167. The minimum Gasteiger partial charge on any atom is -0.493 e. The first-order chi connectivity index (χ1) is 19.1. The van der Waals surface area contributed by atoms with E-state index in [1.807, 2.05) is 19.9 Å². The molecule has 204 valence electrons. The number of allylic oxidation sites excluding steroid dienone is 1. The highest BCUT2D eigenvalue weighted by atomic mass is 16.6. The largest absolute Gasteiger partial charge is 0.493 e. The minimum absolute atomic E-state index is 0.0382. The lowest BCUT2D eigenvalue weighted by Crippen LogP contribution is -2.54. The molecule has 0 radical (unpaired) electrons. The molecule has 4 rings (SSSR count). The van der Waals surface area contributed by atoms with Crippen LogP contribution in [0.4, 0.5) is 16.2 Å². The quantitative estimate of drug-likeness (QED) is 0.130. The predicted octanol–water partition coefficient (Wildman–Crippen LogP) is 5.19. The Balaban J connectivity index is 1.70. The minimum atomic E-state index is -0.827. The van der Waals surface area contributed by atoms with Crippen molar-refractivity contribution in [2.24, 2.45) is 0 Å². The molecular weight excluding hydrogens is 514 g/mol. The molecule has 1 heterocycles. The zero-order valence-electron chi connectivity index (χ0n) is 22.2. The van der Waals surface area contributed by atoms with Crippen LogP contribution < -0.4 is 19.7 Å². The summed E-state index contributed by atoms with van der Waals surface area (Å²) in [5, 5.41) is 13.4. The van der Waals surface area contributed by atoms with Crippen LogP contribution in [0.1, 0.15) is 27.8 Å². The van der Waals surface area contributed by atoms with Gasteiger partial charge in [0.15, 0.2) is 11.5 Å². The van der Waals surface area contributed by atoms with Crippen molar-refractivity contribution in [1.82, 2.24) is 5.32 Å². The van der Waals surface area contributed by atoms with Crippen LogP contribution >= 0.6 is 0 Å². The van der Waals surface area contributed by atoms with E-state index in [0.717, 1.165) is 16.0 Å². The number of carbonyl (C=O) groups is 3. The van der Waals surface area contributed by atoms with Gasteiger partial charge in [-0.25, -0.2) is 9.69 Å². The zero-order valence-corrected chi connectivity index (χ0v) is 22.2. The number of nitro groups is 1. The fourth-order valence-electron chi connectivity index (χ4n) is 4.44. The van der Waals surface area contributed by atoms with Gasteiger partial charge >= 0.3 is 6.03 Å². The summed E-state index contributed by atoms with van der Waals surface area (Å²) in [6.45, 7) is 7.52. The molecule has 0 atom stereocenters. The Labute approximate surface area is 230 Å². The molecule has 1 aliphatic rings. The molecule has 0 bridgehead atoms. The van der Waals surface area contributed by atoms with Crippen molar-refractivity contribution in [3.8, 4) is 11.5 Å². The molecule has 0 spiro atoms. The number of urea groups is 1. The molecule has 4 amide bonds. The number of rotatable bonds is 9. The standard InChI is InChI=1S/C30H27N3O7/c1-5-7-22-13-21(16-26(39-4)27(22)40-17-20-8-6-9-23(14-20)33(37)38)15-25-28(34)31-30(36)32(29(25)35)24-11-18(2)10-19(3)12-24/h5-6,8-16H,1,7,17H2,2-4H3,(H,31,34,36)/b25-15+. The molecule has 1 fully saturated rings. The van der Waals surface area contributed by atoms with Crippen molar-refractivity contribution in [3.05, 3.63) is 111 Å². The van der Waals surface area contributed by atoms with Gasteiger partial charge in [0.05, 0.1) is 17.7 Å². The Morgan fingerprint density at radius 1 is 1.05 bits per heavy atom. The number of nitrogens with zero attached hydrogens (tertiary/aromatic N) is 2. The van der Waals surface area contributed by atoms with Gasteiger partial charge in [0.2, 0.25) is 0 Å². The van der Waals surface area contributed by atoms with E-state index in [1.165, 1.54) is 25.3 Å². The maximum Gasteiger partial charge on any atom is 0.335 e. The van der Waals surface area contributed by atoms with E-state index in [1.54, 1.807) is 42.5 Å². The number of hydrogen-bond donors (Lipinski definition) is 1. The van der Waals surface area contributed by atoms with Gasteiger partial charge in [-0.3, -0.25) is 25.0 Å². The molecule has 1 aliphatic heterocycles. The summed E-state index contributed by atoms with van der Waals surface area (Å²) in [5.74, 6) is -0.857. The van der Waals surface area contributed by atoms with E-state index in [-0.39, 0.29) is 17.9 Å². The number of imide groups is 2. The second kappa shape index (κ2) is 11.6. The van der Waals surface area contributed by atoms with Gasteiger partial charge in [-0.05, 0) is 72.9 Å². The summed E-state index contributed by atoms with van der Waals surface area (Å²) < 4.78 is 11.6. The lowest BCUT2D eigenvalue weighted by atomic mass is 10.0. The number of aryl methyl sites for hydroxylation is 2. The van der Waals surface area contributed by atoms with Crippen molar-refractivity contribution in [2.45, 2.75) is 26.9 Å². The Morgan fingerprint density at radius 3 is 2.42 bits per heavy atom. The number of nitro benzene ring substituents is 1. The number of barbiturate groups is 1. The van der Waals surface area contributed by atoms with Crippen LogP contribution in [0.15, 0.2) is 72.8 Å². The molecule has 3 aromatic carbocycles. The molecule has 10 heteroatoms. The van der Waals surface area contributed by atoms with E-state index in [4.69, 9.17) is 9.47 Å². The number of nitrogens with one attached hydrogen (secondary N) is 1. The van der Waals surface area contributed by atoms with Crippen molar-refractivity contribution in [2.75, 3.05) is 12.0 Å². The summed E-state index contributed by atoms with van der Waals surface area (Å²) in [7, 11) is 1.45. The van der Waals surface area contributed by atoms with Gasteiger partial charge in [0.25, 0.3) is 17.5 Å². The average molecular weight is 542 g/mol. The first-order valence-electron chi connectivity index (χ1n) is 12.3. The first kappa shape index (κ1) is 27.8.